The van der Waals surface area contributed by atoms with Gasteiger partial charge >= 0.3 is 0 Å². The van der Waals surface area contributed by atoms with Crippen molar-refractivity contribution in [2.24, 2.45) is 0 Å². The number of carbonyl (C=O) groups is 1. The molecule has 0 atom stereocenters. The van der Waals surface area contributed by atoms with E-state index in [-0.39, 0.29) is 26.7 Å². The molecule has 0 aliphatic heterocycles. The van der Waals surface area contributed by atoms with Crippen molar-refractivity contribution in [3.8, 4) is 5.75 Å². The van der Waals surface area contributed by atoms with Crippen molar-refractivity contribution in [3.05, 3.63) is 88.4 Å². The van der Waals surface area contributed by atoms with Gasteiger partial charge in [0.1, 0.15) is 12.3 Å². The number of amides is 1. The maximum absolute atomic E-state index is 13.4. The fourth-order valence-electron chi connectivity index (χ4n) is 3.47. The number of sulfonamides is 1. The number of nitrogens with zero attached hydrogens (tertiary/aromatic N) is 1. The Balaban J connectivity index is 1.67. The minimum Gasteiger partial charge on any atom is -0.491 e. The summed E-state index contributed by atoms with van der Waals surface area (Å²) in [6.07, 6.45) is 1.52. The van der Waals surface area contributed by atoms with Crippen LogP contribution in [0.5, 0.6) is 5.75 Å². The number of nitrogens with one attached hydrogen (secondary N) is 1. The average Bonchev–Trinajstić information content (AvgIpc) is 2.80. The third kappa shape index (κ3) is 7.88. The van der Waals surface area contributed by atoms with Crippen LogP contribution in [0.2, 0.25) is 10.0 Å². The van der Waals surface area contributed by atoms with Crippen LogP contribution in [-0.2, 0) is 21.2 Å². The molecule has 0 heterocycles. The van der Waals surface area contributed by atoms with E-state index in [1.54, 1.807) is 18.2 Å². The first-order valence-electron chi connectivity index (χ1n) is 11.2. The molecule has 1 N–H and O–H groups in total. The lowest BCUT2D eigenvalue weighted by atomic mass is 10.1. The highest BCUT2D eigenvalue weighted by atomic mass is 35.5. The summed E-state index contributed by atoms with van der Waals surface area (Å²) in [6.45, 7) is 3.93. The van der Waals surface area contributed by atoms with E-state index in [2.05, 4.69) is 5.32 Å². The van der Waals surface area contributed by atoms with Gasteiger partial charge in [-0.15, -0.1) is 0 Å². The Morgan fingerprint density at radius 2 is 1.66 bits per heavy atom. The summed E-state index contributed by atoms with van der Waals surface area (Å²) in [7, 11) is -4.03. The minimum atomic E-state index is -4.03. The van der Waals surface area contributed by atoms with Crippen LogP contribution in [0, 0.1) is 0 Å². The predicted octanol–water partition coefficient (Wildman–Crippen LogP) is 5.72. The Labute approximate surface area is 216 Å². The lowest BCUT2D eigenvalue weighted by Gasteiger charge is -2.24. The zero-order valence-electron chi connectivity index (χ0n) is 19.6. The van der Waals surface area contributed by atoms with Gasteiger partial charge in [0.15, 0.2) is 0 Å². The van der Waals surface area contributed by atoms with Crippen molar-refractivity contribution in [2.75, 3.05) is 17.4 Å². The SMILES string of the molecule is CC(C)Oc1cccc(CCCNC(=O)CN(c2cc(Cl)cc(Cl)c2)S(=O)(=O)c2ccccc2)c1. The van der Waals surface area contributed by atoms with Crippen LogP contribution in [0.1, 0.15) is 25.8 Å². The third-order valence-corrected chi connectivity index (χ3v) is 7.21. The van der Waals surface area contributed by atoms with Gasteiger partial charge in [0.05, 0.1) is 16.7 Å². The summed E-state index contributed by atoms with van der Waals surface area (Å²) < 4.78 is 33.5. The van der Waals surface area contributed by atoms with Crippen molar-refractivity contribution >= 4 is 44.8 Å². The number of aryl methyl sites for hydroxylation is 1. The molecule has 0 fully saturated rings. The van der Waals surface area contributed by atoms with E-state index in [1.165, 1.54) is 30.3 Å². The van der Waals surface area contributed by atoms with E-state index >= 15 is 0 Å². The molecular weight excluding hydrogens is 507 g/mol. The van der Waals surface area contributed by atoms with E-state index in [0.29, 0.717) is 13.0 Å². The Hall–Kier alpha value is -2.74. The summed E-state index contributed by atoms with van der Waals surface area (Å²) in [5.41, 5.74) is 1.31. The quantitative estimate of drug-likeness (QED) is 0.319. The number of rotatable bonds is 11. The molecule has 0 unspecified atom stereocenters. The number of carbonyl (C=O) groups excluding carboxylic acids is 1. The number of hydrogen-bond acceptors (Lipinski definition) is 4. The van der Waals surface area contributed by atoms with Crippen LogP contribution in [0.4, 0.5) is 5.69 Å². The van der Waals surface area contributed by atoms with Crippen LogP contribution in [0.3, 0.4) is 0 Å². The van der Waals surface area contributed by atoms with Crippen LogP contribution in [0.15, 0.2) is 77.7 Å². The minimum absolute atomic E-state index is 0.0624. The summed E-state index contributed by atoms with van der Waals surface area (Å²) in [4.78, 5) is 12.8. The molecule has 0 saturated heterocycles. The fourth-order valence-corrected chi connectivity index (χ4v) is 5.41. The molecule has 9 heteroatoms. The lowest BCUT2D eigenvalue weighted by molar-refractivity contribution is -0.119. The van der Waals surface area contributed by atoms with Crippen LogP contribution in [-0.4, -0.2) is 33.5 Å². The molecule has 0 spiro atoms. The highest BCUT2D eigenvalue weighted by Gasteiger charge is 2.27. The number of hydrogen-bond donors (Lipinski definition) is 1. The van der Waals surface area contributed by atoms with Gasteiger partial charge in [-0.1, -0.05) is 53.5 Å². The number of halogens is 2. The summed E-state index contributed by atoms with van der Waals surface area (Å²) in [6, 6.07) is 20.2. The molecule has 0 radical (unpaired) electrons. The van der Waals surface area contributed by atoms with Crippen molar-refractivity contribution in [2.45, 2.75) is 37.7 Å². The van der Waals surface area contributed by atoms with Gasteiger partial charge in [-0.2, -0.15) is 0 Å². The second kappa shape index (κ2) is 12.3. The van der Waals surface area contributed by atoms with Gasteiger partial charge in [-0.05, 0) is 74.7 Å². The van der Waals surface area contributed by atoms with Gasteiger partial charge in [-0.25, -0.2) is 8.42 Å². The van der Waals surface area contributed by atoms with E-state index in [1.807, 2.05) is 38.1 Å². The number of ether oxygens (including phenoxy) is 1. The van der Waals surface area contributed by atoms with Crippen molar-refractivity contribution in [1.29, 1.82) is 0 Å². The van der Waals surface area contributed by atoms with Crippen LogP contribution >= 0.6 is 23.2 Å². The van der Waals surface area contributed by atoms with Crippen LogP contribution < -0.4 is 14.4 Å². The van der Waals surface area contributed by atoms with Crippen LogP contribution in [0.25, 0.3) is 0 Å². The first kappa shape index (κ1) is 26.9. The molecule has 35 heavy (non-hydrogen) atoms. The van der Waals surface area contributed by atoms with Gasteiger partial charge in [0.25, 0.3) is 10.0 Å². The molecule has 3 aromatic rings. The highest BCUT2D eigenvalue weighted by molar-refractivity contribution is 7.92. The van der Waals surface area contributed by atoms with Crippen molar-refractivity contribution < 1.29 is 17.9 Å². The first-order chi connectivity index (χ1) is 16.6. The topological polar surface area (TPSA) is 75.7 Å². The van der Waals surface area contributed by atoms with Gasteiger partial charge in [0, 0.05) is 16.6 Å². The van der Waals surface area contributed by atoms with E-state index < -0.39 is 22.5 Å². The molecule has 0 aliphatic rings. The zero-order valence-corrected chi connectivity index (χ0v) is 21.9. The molecule has 1 amide bonds. The summed E-state index contributed by atoms with van der Waals surface area (Å²) in [5, 5.41) is 3.35. The normalized spacial score (nSPS) is 11.3. The average molecular weight is 535 g/mol. The van der Waals surface area contributed by atoms with E-state index in [9.17, 15) is 13.2 Å². The lowest BCUT2D eigenvalue weighted by Crippen LogP contribution is -2.41. The van der Waals surface area contributed by atoms with Crippen molar-refractivity contribution in [3.63, 3.8) is 0 Å². The Morgan fingerprint density at radius 3 is 2.31 bits per heavy atom. The van der Waals surface area contributed by atoms with Crippen molar-refractivity contribution in [1.82, 2.24) is 5.32 Å². The largest absolute Gasteiger partial charge is 0.491 e. The first-order valence-corrected chi connectivity index (χ1v) is 13.4. The summed E-state index contributed by atoms with van der Waals surface area (Å²) in [5.74, 6) is 0.376. The monoisotopic (exact) mass is 534 g/mol. The fraction of sp³-hybridized carbons (Fsp3) is 0.269. The van der Waals surface area contributed by atoms with Gasteiger partial charge in [0.2, 0.25) is 5.91 Å². The van der Waals surface area contributed by atoms with E-state index in [0.717, 1.165) is 22.0 Å². The van der Waals surface area contributed by atoms with Gasteiger partial charge < -0.3 is 10.1 Å². The molecule has 0 bridgehead atoms. The Kier molecular flexibility index (Phi) is 9.43. The second-order valence-corrected chi connectivity index (χ2v) is 11.0. The predicted molar refractivity (Wildman–Crippen MR) is 141 cm³/mol. The zero-order chi connectivity index (χ0) is 25.4. The van der Waals surface area contributed by atoms with E-state index in [4.69, 9.17) is 27.9 Å². The molecule has 3 aromatic carbocycles. The molecule has 6 nitrogen and oxygen atoms in total. The molecular formula is C26H28Cl2N2O4S. The highest BCUT2D eigenvalue weighted by Crippen LogP contribution is 2.29. The Morgan fingerprint density at radius 1 is 0.971 bits per heavy atom. The molecule has 186 valence electrons. The number of anilines is 1. The Bertz CT molecular complexity index is 1230. The molecule has 0 saturated carbocycles. The van der Waals surface area contributed by atoms with Gasteiger partial charge in [-0.3, -0.25) is 9.10 Å². The smallest absolute Gasteiger partial charge is 0.264 e. The maximum Gasteiger partial charge on any atom is 0.264 e. The number of benzene rings is 3. The standard InChI is InChI=1S/C26H28Cl2N2O4S/c1-19(2)34-24-10-6-8-20(14-24)9-7-13-29-26(31)18-30(23-16-21(27)15-22(28)17-23)35(32,33)25-11-4-3-5-12-25/h3-6,8,10-12,14-17,19H,7,9,13,18H2,1-2H3,(H,29,31). The molecule has 0 aliphatic carbocycles. The third-order valence-electron chi connectivity index (χ3n) is 4.99. The molecule has 0 aromatic heterocycles. The maximum atomic E-state index is 13.4. The second-order valence-electron chi connectivity index (χ2n) is 8.22. The molecule has 3 rings (SSSR count). The summed E-state index contributed by atoms with van der Waals surface area (Å²) >= 11 is 12.2.